The zero-order chi connectivity index (χ0) is 14.9. The Morgan fingerprint density at radius 3 is 2.35 bits per heavy atom. The van der Waals surface area contributed by atoms with Gasteiger partial charge in [-0.25, -0.2) is 4.99 Å². The molecular weight excluding hydrogens is 250 g/mol. The van der Waals surface area contributed by atoms with E-state index in [0.717, 1.165) is 16.9 Å². The number of anilines is 1. The Hall–Kier alpha value is -2.23. The number of benzene rings is 1. The maximum absolute atomic E-state index is 12.0. The van der Waals surface area contributed by atoms with Crippen LogP contribution in [0.5, 0.6) is 0 Å². The minimum absolute atomic E-state index is 0.0947. The fourth-order valence-corrected chi connectivity index (χ4v) is 2.16. The highest BCUT2D eigenvalue weighted by atomic mass is 16.1. The third kappa shape index (κ3) is 2.69. The van der Waals surface area contributed by atoms with Gasteiger partial charge in [0.05, 0.1) is 11.4 Å². The Morgan fingerprint density at radius 2 is 1.80 bits per heavy atom. The number of hydrogen-bond donors (Lipinski definition) is 1. The highest BCUT2D eigenvalue weighted by molar-refractivity contribution is 6.51. The Balaban J connectivity index is 2.35. The molecule has 0 saturated carbocycles. The van der Waals surface area contributed by atoms with Crippen LogP contribution in [0.2, 0.25) is 0 Å². The molecule has 104 valence electrons. The molecule has 0 amide bonds. The van der Waals surface area contributed by atoms with E-state index < -0.39 is 0 Å². The second-order valence-electron chi connectivity index (χ2n) is 5.23. The van der Waals surface area contributed by atoms with E-state index in [9.17, 15) is 4.79 Å². The molecule has 0 bridgehead atoms. The lowest BCUT2D eigenvalue weighted by atomic mass is 9.86. The molecule has 4 heteroatoms. The topological polar surface area (TPSA) is 56.5 Å². The number of aliphatic imine (C=N–C) groups is 1. The lowest BCUT2D eigenvalue weighted by Gasteiger charge is -2.19. The number of nitrogens with zero attached hydrogens (tertiary/aromatic N) is 2. The lowest BCUT2D eigenvalue weighted by Crippen LogP contribution is -2.32. The van der Waals surface area contributed by atoms with E-state index in [-0.39, 0.29) is 11.7 Å². The van der Waals surface area contributed by atoms with Crippen molar-refractivity contribution in [2.24, 2.45) is 10.9 Å². The number of hydrogen-bond acceptors (Lipinski definition) is 4. The van der Waals surface area contributed by atoms with E-state index in [1.807, 2.05) is 50.2 Å². The van der Waals surface area contributed by atoms with Crippen LogP contribution in [-0.4, -0.2) is 31.3 Å². The summed E-state index contributed by atoms with van der Waals surface area (Å²) in [5.41, 5.74) is 3.46. The van der Waals surface area contributed by atoms with Gasteiger partial charge in [0.25, 0.3) is 0 Å². The molecular formula is C16H19N3O. The van der Waals surface area contributed by atoms with Crippen LogP contribution in [0, 0.1) is 11.3 Å². The van der Waals surface area contributed by atoms with Crippen LogP contribution < -0.4 is 4.90 Å². The molecule has 0 aliphatic heterocycles. The van der Waals surface area contributed by atoms with Crippen molar-refractivity contribution in [2.75, 3.05) is 19.0 Å². The van der Waals surface area contributed by atoms with Gasteiger partial charge >= 0.3 is 0 Å². The van der Waals surface area contributed by atoms with Crippen LogP contribution >= 0.6 is 0 Å². The molecule has 1 atom stereocenters. The second-order valence-corrected chi connectivity index (χ2v) is 5.23. The fraction of sp³-hybridized carbons (Fsp3) is 0.312. The number of allylic oxidation sites excluding steroid dienone is 2. The molecule has 1 aromatic carbocycles. The van der Waals surface area contributed by atoms with Gasteiger partial charge in [0.2, 0.25) is 5.78 Å². The smallest absolute Gasteiger partial charge is 0.201 e. The van der Waals surface area contributed by atoms with Gasteiger partial charge in [0.15, 0.2) is 0 Å². The number of ketones is 1. The predicted molar refractivity (Wildman–Crippen MR) is 83.5 cm³/mol. The van der Waals surface area contributed by atoms with Crippen LogP contribution in [0.15, 0.2) is 40.9 Å². The van der Waals surface area contributed by atoms with Gasteiger partial charge in [-0.2, -0.15) is 0 Å². The molecule has 20 heavy (non-hydrogen) atoms. The fourth-order valence-electron chi connectivity index (χ4n) is 2.16. The molecule has 0 spiro atoms. The van der Waals surface area contributed by atoms with Crippen molar-refractivity contribution in [3.8, 4) is 0 Å². The summed E-state index contributed by atoms with van der Waals surface area (Å²) in [5.74, 6) is -0.344. The molecule has 1 aliphatic carbocycles. The van der Waals surface area contributed by atoms with E-state index in [4.69, 9.17) is 5.41 Å². The Morgan fingerprint density at radius 1 is 1.20 bits per heavy atom. The van der Waals surface area contributed by atoms with Gasteiger partial charge in [-0.3, -0.25) is 4.79 Å². The summed E-state index contributed by atoms with van der Waals surface area (Å²) in [7, 11) is 3.95. The third-order valence-electron chi connectivity index (χ3n) is 3.48. The van der Waals surface area contributed by atoms with Crippen LogP contribution in [0.25, 0.3) is 0 Å². The van der Waals surface area contributed by atoms with Gasteiger partial charge in [0.1, 0.15) is 0 Å². The maximum Gasteiger partial charge on any atom is 0.201 e. The molecule has 0 heterocycles. The summed E-state index contributed by atoms with van der Waals surface area (Å²) in [6, 6.07) is 7.70. The number of carbonyl (C=O) groups excluding carboxylic acids is 1. The van der Waals surface area contributed by atoms with Crippen molar-refractivity contribution in [3.05, 3.63) is 35.9 Å². The molecule has 0 fully saturated rings. The largest absolute Gasteiger partial charge is 0.378 e. The molecule has 0 aromatic heterocycles. The zero-order valence-corrected chi connectivity index (χ0v) is 12.3. The van der Waals surface area contributed by atoms with Crippen molar-refractivity contribution in [2.45, 2.75) is 13.8 Å². The first kappa shape index (κ1) is 14.2. The van der Waals surface area contributed by atoms with Gasteiger partial charge in [0, 0.05) is 31.4 Å². The van der Waals surface area contributed by atoms with Crippen molar-refractivity contribution in [1.82, 2.24) is 0 Å². The van der Waals surface area contributed by atoms with Crippen molar-refractivity contribution >= 4 is 28.6 Å². The van der Waals surface area contributed by atoms with Gasteiger partial charge in [-0.05, 0) is 42.8 Å². The summed E-state index contributed by atoms with van der Waals surface area (Å²) in [5, 5.41) is 7.97. The highest BCUT2D eigenvalue weighted by Gasteiger charge is 2.27. The normalized spacial score (nSPS) is 21.1. The zero-order valence-electron chi connectivity index (χ0n) is 12.3. The summed E-state index contributed by atoms with van der Waals surface area (Å²) in [6.07, 6.45) is 1.50. The summed E-state index contributed by atoms with van der Waals surface area (Å²) >= 11 is 0. The van der Waals surface area contributed by atoms with Crippen LogP contribution in [0.1, 0.15) is 13.8 Å². The Kier molecular flexibility index (Phi) is 3.84. The monoisotopic (exact) mass is 269 g/mol. The van der Waals surface area contributed by atoms with Gasteiger partial charge < -0.3 is 10.3 Å². The van der Waals surface area contributed by atoms with E-state index in [1.54, 1.807) is 6.92 Å². The molecule has 0 radical (unpaired) electrons. The van der Waals surface area contributed by atoms with E-state index in [0.29, 0.717) is 11.4 Å². The Bertz CT molecular complexity index is 609. The first-order valence-corrected chi connectivity index (χ1v) is 6.57. The SMILES string of the molecule is CC1=CC(=O)C(=Nc2ccc(N(C)C)cc2)C(C)C1=N. The van der Waals surface area contributed by atoms with Crippen LogP contribution in [-0.2, 0) is 4.79 Å². The molecule has 1 unspecified atom stereocenters. The third-order valence-corrected chi connectivity index (χ3v) is 3.48. The quantitative estimate of drug-likeness (QED) is 0.897. The molecule has 2 rings (SSSR count). The van der Waals surface area contributed by atoms with Crippen LogP contribution in [0.3, 0.4) is 0 Å². The highest BCUT2D eigenvalue weighted by Crippen LogP contribution is 2.22. The van der Waals surface area contributed by atoms with E-state index in [2.05, 4.69) is 4.99 Å². The first-order chi connectivity index (χ1) is 9.40. The second kappa shape index (κ2) is 5.41. The number of nitrogens with one attached hydrogen (secondary N) is 1. The summed E-state index contributed by atoms with van der Waals surface area (Å²) < 4.78 is 0. The number of rotatable bonds is 2. The summed E-state index contributed by atoms with van der Waals surface area (Å²) in [6.45, 7) is 3.64. The average Bonchev–Trinajstić information content (AvgIpc) is 2.42. The standard InChI is InChI=1S/C16H19N3O/c1-10-9-14(20)16(11(2)15(10)17)18-12-5-7-13(8-6-12)19(3)4/h5-9,11,17H,1-4H3. The average molecular weight is 269 g/mol. The molecule has 1 N–H and O–H groups in total. The van der Waals surface area contributed by atoms with Crippen molar-refractivity contribution in [1.29, 1.82) is 5.41 Å². The Labute approximate surface area is 119 Å². The molecule has 1 aromatic rings. The number of carbonyl (C=O) groups is 1. The lowest BCUT2D eigenvalue weighted by molar-refractivity contribution is -0.109. The minimum Gasteiger partial charge on any atom is -0.378 e. The van der Waals surface area contributed by atoms with E-state index in [1.165, 1.54) is 6.08 Å². The van der Waals surface area contributed by atoms with E-state index >= 15 is 0 Å². The maximum atomic E-state index is 12.0. The first-order valence-electron chi connectivity index (χ1n) is 6.57. The minimum atomic E-state index is -0.249. The molecule has 4 nitrogen and oxygen atoms in total. The summed E-state index contributed by atoms with van der Waals surface area (Å²) in [4.78, 5) is 18.5. The molecule has 0 saturated heterocycles. The van der Waals surface area contributed by atoms with Gasteiger partial charge in [-0.15, -0.1) is 0 Å². The van der Waals surface area contributed by atoms with Crippen molar-refractivity contribution < 1.29 is 4.79 Å². The van der Waals surface area contributed by atoms with Crippen LogP contribution in [0.4, 0.5) is 11.4 Å². The molecule has 1 aliphatic rings. The predicted octanol–water partition coefficient (Wildman–Crippen LogP) is 3.01. The van der Waals surface area contributed by atoms with Gasteiger partial charge in [-0.1, -0.05) is 6.92 Å². The van der Waals surface area contributed by atoms with Crippen molar-refractivity contribution in [3.63, 3.8) is 0 Å².